The van der Waals surface area contributed by atoms with Crippen molar-refractivity contribution in [1.29, 1.82) is 0 Å². The van der Waals surface area contributed by atoms with Crippen LogP contribution in [0.4, 0.5) is 0 Å². The molecule has 1 saturated carbocycles. The molecule has 1 atom stereocenters. The normalized spacial score (nSPS) is 16.5. The molecule has 1 aliphatic rings. The Balaban J connectivity index is 1.54. The van der Waals surface area contributed by atoms with Gasteiger partial charge in [0.2, 0.25) is 0 Å². The summed E-state index contributed by atoms with van der Waals surface area (Å²) in [6, 6.07) is 14.5. The van der Waals surface area contributed by atoms with Gasteiger partial charge < -0.3 is 9.52 Å². The molecule has 0 amide bonds. The molecule has 1 fully saturated rings. The van der Waals surface area contributed by atoms with Crippen molar-refractivity contribution in [1.82, 2.24) is 4.90 Å². The second kappa shape index (κ2) is 6.25. The molecular formula is C17H21NO2. The first-order valence-corrected chi connectivity index (χ1v) is 7.32. The Labute approximate surface area is 119 Å². The van der Waals surface area contributed by atoms with Crippen molar-refractivity contribution in [3.05, 3.63) is 60.1 Å². The smallest absolute Gasteiger partial charge is 0.117 e. The highest BCUT2D eigenvalue weighted by Gasteiger charge is 2.29. The second-order valence-corrected chi connectivity index (χ2v) is 5.50. The topological polar surface area (TPSA) is 36.6 Å². The minimum atomic E-state index is -0.381. The van der Waals surface area contributed by atoms with E-state index in [1.54, 1.807) is 6.26 Å². The fourth-order valence-corrected chi connectivity index (χ4v) is 2.56. The third kappa shape index (κ3) is 3.50. The van der Waals surface area contributed by atoms with Gasteiger partial charge in [0.15, 0.2) is 0 Å². The highest BCUT2D eigenvalue weighted by Crippen LogP contribution is 2.29. The molecule has 3 rings (SSSR count). The molecule has 0 saturated heterocycles. The molecule has 0 spiro atoms. The van der Waals surface area contributed by atoms with E-state index in [1.165, 1.54) is 12.8 Å². The van der Waals surface area contributed by atoms with Gasteiger partial charge in [-0.1, -0.05) is 30.3 Å². The van der Waals surface area contributed by atoms with Crippen molar-refractivity contribution in [3.8, 4) is 0 Å². The minimum Gasteiger partial charge on any atom is -0.468 e. The zero-order valence-electron chi connectivity index (χ0n) is 11.6. The van der Waals surface area contributed by atoms with E-state index in [2.05, 4.69) is 4.90 Å². The molecule has 1 heterocycles. The molecule has 1 unspecified atom stereocenters. The predicted octanol–water partition coefficient (Wildman–Crippen LogP) is 3.37. The summed E-state index contributed by atoms with van der Waals surface area (Å²) in [6.45, 7) is 1.75. The van der Waals surface area contributed by atoms with Gasteiger partial charge in [-0.05, 0) is 37.0 Å². The van der Waals surface area contributed by atoms with Crippen LogP contribution in [0.3, 0.4) is 0 Å². The highest BCUT2D eigenvalue weighted by molar-refractivity contribution is 5.17. The average molecular weight is 271 g/mol. The lowest BCUT2D eigenvalue weighted by Gasteiger charge is -2.22. The highest BCUT2D eigenvalue weighted by atomic mass is 16.3. The fraction of sp³-hybridized carbons (Fsp3) is 0.412. The van der Waals surface area contributed by atoms with Crippen LogP contribution in [0, 0.1) is 0 Å². The van der Waals surface area contributed by atoms with Crippen LogP contribution < -0.4 is 0 Å². The van der Waals surface area contributed by atoms with Gasteiger partial charge in [0.25, 0.3) is 0 Å². The van der Waals surface area contributed by atoms with Gasteiger partial charge in [-0.15, -0.1) is 0 Å². The first-order valence-electron chi connectivity index (χ1n) is 7.32. The quantitative estimate of drug-likeness (QED) is 0.839. The maximum Gasteiger partial charge on any atom is 0.117 e. The molecule has 3 heteroatoms. The van der Waals surface area contributed by atoms with E-state index in [4.69, 9.17) is 4.42 Å². The SMILES string of the molecule is OC(CCN(Cc1ccco1)C1CC1)c1ccccc1. The first-order chi connectivity index (χ1) is 9.83. The summed E-state index contributed by atoms with van der Waals surface area (Å²) in [5.41, 5.74) is 1.00. The summed E-state index contributed by atoms with van der Waals surface area (Å²) in [6.07, 6.45) is 4.64. The van der Waals surface area contributed by atoms with E-state index in [-0.39, 0.29) is 6.10 Å². The summed E-state index contributed by atoms with van der Waals surface area (Å²) in [5.74, 6) is 1.01. The molecule has 1 aromatic carbocycles. The Morgan fingerprint density at radius 3 is 2.60 bits per heavy atom. The zero-order valence-corrected chi connectivity index (χ0v) is 11.6. The number of benzene rings is 1. The molecule has 2 aromatic rings. The molecule has 20 heavy (non-hydrogen) atoms. The van der Waals surface area contributed by atoms with E-state index in [9.17, 15) is 5.11 Å². The molecule has 0 aliphatic heterocycles. The van der Waals surface area contributed by atoms with Crippen LogP contribution in [0.25, 0.3) is 0 Å². The Bertz CT molecular complexity index is 505. The number of hydrogen-bond donors (Lipinski definition) is 1. The van der Waals surface area contributed by atoms with Gasteiger partial charge in [-0.25, -0.2) is 0 Å². The summed E-state index contributed by atoms with van der Waals surface area (Å²) in [5, 5.41) is 10.2. The molecule has 1 aliphatic carbocycles. The third-order valence-electron chi connectivity index (χ3n) is 3.88. The van der Waals surface area contributed by atoms with Gasteiger partial charge in [0.05, 0.1) is 18.9 Å². The van der Waals surface area contributed by atoms with Crippen LogP contribution in [-0.2, 0) is 6.54 Å². The molecule has 1 aromatic heterocycles. The number of nitrogens with zero attached hydrogens (tertiary/aromatic N) is 1. The van der Waals surface area contributed by atoms with Crippen molar-refractivity contribution in [2.75, 3.05) is 6.54 Å². The van der Waals surface area contributed by atoms with Gasteiger partial charge in [0, 0.05) is 12.6 Å². The summed E-state index contributed by atoms with van der Waals surface area (Å²) < 4.78 is 5.43. The molecule has 3 nitrogen and oxygen atoms in total. The number of aliphatic hydroxyl groups is 1. The second-order valence-electron chi connectivity index (χ2n) is 5.50. The van der Waals surface area contributed by atoms with E-state index in [0.717, 1.165) is 30.8 Å². The molecule has 106 valence electrons. The number of furan rings is 1. The minimum absolute atomic E-state index is 0.381. The van der Waals surface area contributed by atoms with E-state index in [1.807, 2.05) is 42.5 Å². The predicted molar refractivity (Wildman–Crippen MR) is 78.2 cm³/mol. The average Bonchev–Trinajstić information content (AvgIpc) is 3.21. The van der Waals surface area contributed by atoms with E-state index < -0.39 is 0 Å². The maximum absolute atomic E-state index is 10.2. The van der Waals surface area contributed by atoms with Crippen LogP contribution in [0.2, 0.25) is 0 Å². The Morgan fingerprint density at radius 1 is 1.15 bits per heavy atom. The molecule has 0 radical (unpaired) electrons. The molecular weight excluding hydrogens is 250 g/mol. The summed E-state index contributed by atoms with van der Waals surface area (Å²) in [4.78, 5) is 2.42. The molecule has 1 N–H and O–H groups in total. The number of hydrogen-bond acceptors (Lipinski definition) is 3. The lowest BCUT2D eigenvalue weighted by Crippen LogP contribution is -2.27. The van der Waals surface area contributed by atoms with Gasteiger partial charge in [-0.3, -0.25) is 4.90 Å². The lowest BCUT2D eigenvalue weighted by atomic mass is 10.1. The van der Waals surface area contributed by atoms with Crippen molar-refractivity contribution in [3.63, 3.8) is 0 Å². The fourth-order valence-electron chi connectivity index (χ4n) is 2.56. The third-order valence-corrected chi connectivity index (χ3v) is 3.88. The van der Waals surface area contributed by atoms with E-state index in [0.29, 0.717) is 6.04 Å². The standard InChI is InChI=1S/C17H21NO2/c19-17(14-5-2-1-3-6-14)10-11-18(15-8-9-15)13-16-7-4-12-20-16/h1-7,12,15,17,19H,8-11,13H2. The van der Waals surface area contributed by atoms with Crippen LogP contribution in [-0.4, -0.2) is 22.6 Å². The van der Waals surface area contributed by atoms with Gasteiger partial charge >= 0.3 is 0 Å². The van der Waals surface area contributed by atoms with Gasteiger partial charge in [0.1, 0.15) is 5.76 Å². The van der Waals surface area contributed by atoms with Crippen molar-refractivity contribution in [2.45, 2.75) is 38.0 Å². The Hall–Kier alpha value is -1.58. The van der Waals surface area contributed by atoms with Crippen molar-refractivity contribution in [2.24, 2.45) is 0 Å². The van der Waals surface area contributed by atoms with Crippen LogP contribution in [0.5, 0.6) is 0 Å². The summed E-state index contributed by atoms with van der Waals surface area (Å²) >= 11 is 0. The Kier molecular flexibility index (Phi) is 4.19. The van der Waals surface area contributed by atoms with Gasteiger partial charge in [-0.2, -0.15) is 0 Å². The first kappa shape index (κ1) is 13.4. The summed E-state index contributed by atoms with van der Waals surface area (Å²) in [7, 11) is 0. The van der Waals surface area contributed by atoms with Crippen LogP contribution in [0.15, 0.2) is 53.1 Å². The number of rotatable bonds is 7. The number of aliphatic hydroxyl groups excluding tert-OH is 1. The zero-order chi connectivity index (χ0) is 13.8. The van der Waals surface area contributed by atoms with Crippen LogP contribution in [0.1, 0.15) is 36.7 Å². The monoisotopic (exact) mass is 271 g/mol. The maximum atomic E-state index is 10.2. The lowest BCUT2D eigenvalue weighted by molar-refractivity contribution is 0.133. The van der Waals surface area contributed by atoms with Crippen molar-refractivity contribution < 1.29 is 9.52 Å². The Morgan fingerprint density at radius 2 is 1.95 bits per heavy atom. The molecule has 0 bridgehead atoms. The van der Waals surface area contributed by atoms with Crippen molar-refractivity contribution >= 4 is 0 Å². The van der Waals surface area contributed by atoms with Crippen LogP contribution >= 0.6 is 0 Å². The van der Waals surface area contributed by atoms with E-state index >= 15 is 0 Å². The largest absolute Gasteiger partial charge is 0.468 e.